The Morgan fingerprint density at radius 3 is 2.77 bits per heavy atom. The van der Waals surface area contributed by atoms with Gasteiger partial charge in [-0.2, -0.15) is 0 Å². The van der Waals surface area contributed by atoms with Crippen LogP contribution in [-0.2, 0) is 4.79 Å². The molecule has 13 heavy (non-hydrogen) atoms. The molecule has 0 aliphatic heterocycles. The zero-order valence-corrected chi connectivity index (χ0v) is 7.81. The van der Waals surface area contributed by atoms with Crippen molar-refractivity contribution in [2.75, 3.05) is 6.54 Å². The number of carbonyl (C=O) groups is 1. The van der Waals surface area contributed by atoms with Crippen molar-refractivity contribution in [1.29, 1.82) is 0 Å². The number of carbonyl (C=O) groups excluding carboxylic acids is 1. The quantitative estimate of drug-likeness (QED) is 0.468. The summed E-state index contributed by atoms with van der Waals surface area (Å²) in [6.07, 6.45) is 7.55. The maximum absolute atomic E-state index is 11.0. The molecule has 0 bridgehead atoms. The predicted octanol–water partition coefficient (Wildman–Crippen LogP) is 0.769. The molecule has 3 heteroatoms. The summed E-state index contributed by atoms with van der Waals surface area (Å²) in [7, 11) is 0. The topological polar surface area (TPSA) is 55.1 Å². The molecule has 72 valence electrons. The second-order valence-electron chi connectivity index (χ2n) is 2.82. The molecule has 0 aliphatic carbocycles. The van der Waals surface area contributed by atoms with Gasteiger partial charge in [-0.15, -0.1) is 12.3 Å². The monoisotopic (exact) mass is 180 g/mol. The number of hydrogen-bond donors (Lipinski definition) is 2. The van der Waals surface area contributed by atoms with Gasteiger partial charge in [0, 0.05) is 31.5 Å². The highest BCUT2D eigenvalue weighted by Gasteiger charge is 1.98. The standard InChI is InChI=1S/C10H16N2O/c1-3-4-5-6-10(13)12-8-7-9(2)11/h1H,2,4-8,11H2,(H,12,13). The van der Waals surface area contributed by atoms with Crippen LogP contribution in [0.2, 0.25) is 0 Å². The molecule has 3 nitrogen and oxygen atoms in total. The van der Waals surface area contributed by atoms with Crippen LogP contribution in [0.3, 0.4) is 0 Å². The third-order valence-corrected chi connectivity index (χ3v) is 1.49. The Hall–Kier alpha value is -1.43. The van der Waals surface area contributed by atoms with E-state index in [1.165, 1.54) is 0 Å². The smallest absolute Gasteiger partial charge is 0.220 e. The fraction of sp³-hybridized carbons (Fsp3) is 0.500. The van der Waals surface area contributed by atoms with E-state index < -0.39 is 0 Å². The van der Waals surface area contributed by atoms with Gasteiger partial charge < -0.3 is 11.1 Å². The van der Waals surface area contributed by atoms with Gasteiger partial charge in [0.2, 0.25) is 5.91 Å². The van der Waals surface area contributed by atoms with E-state index >= 15 is 0 Å². The lowest BCUT2D eigenvalue weighted by Gasteiger charge is -2.03. The van der Waals surface area contributed by atoms with Gasteiger partial charge in [0.15, 0.2) is 0 Å². The Morgan fingerprint density at radius 1 is 1.54 bits per heavy atom. The van der Waals surface area contributed by atoms with Crippen molar-refractivity contribution >= 4 is 5.91 Å². The SMILES string of the molecule is C#CCCCC(=O)NCCC(=C)N. The molecule has 3 N–H and O–H groups in total. The van der Waals surface area contributed by atoms with Crippen molar-refractivity contribution in [3.63, 3.8) is 0 Å². The number of amides is 1. The van der Waals surface area contributed by atoms with Crippen molar-refractivity contribution in [2.24, 2.45) is 5.73 Å². The summed E-state index contributed by atoms with van der Waals surface area (Å²) in [5.74, 6) is 2.51. The van der Waals surface area contributed by atoms with E-state index in [1.807, 2.05) is 0 Å². The fourth-order valence-electron chi connectivity index (χ4n) is 0.802. The summed E-state index contributed by atoms with van der Waals surface area (Å²) in [5.41, 5.74) is 5.91. The van der Waals surface area contributed by atoms with Gasteiger partial charge in [-0.05, 0) is 6.42 Å². The predicted molar refractivity (Wildman–Crippen MR) is 53.6 cm³/mol. The molecule has 0 radical (unpaired) electrons. The highest BCUT2D eigenvalue weighted by atomic mass is 16.1. The van der Waals surface area contributed by atoms with E-state index in [2.05, 4.69) is 17.8 Å². The first-order chi connectivity index (χ1) is 6.16. The molecule has 0 saturated heterocycles. The molecule has 0 fully saturated rings. The van der Waals surface area contributed by atoms with E-state index in [0.29, 0.717) is 31.5 Å². The normalized spacial score (nSPS) is 8.85. The number of rotatable bonds is 6. The van der Waals surface area contributed by atoms with Crippen LogP contribution in [0.25, 0.3) is 0 Å². The summed E-state index contributed by atoms with van der Waals surface area (Å²) in [6, 6.07) is 0. The first-order valence-corrected chi connectivity index (χ1v) is 4.30. The van der Waals surface area contributed by atoms with Crippen LogP contribution < -0.4 is 11.1 Å². The maximum Gasteiger partial charge on any atom is 0.220 e. The van der Waals surface area contributed by atoms with Gasteiger partial charge in [0.05, 0.1) is 0 Å². The van der Waals surface area contributed by atoms with Crippen molar-refractivity contribution in [1.82, 2.24) is 5.32 Å². The molecular weight excluding hydrogens is 164 g/mol. The van der Waals surface area contributed by atoms with Crippen molar-refractivity contribution in [2.45, 2.75) is 25.7 Å². The number of terminal acetylenes is 1. The number of nitrogens with two attached hydrogens (primary N) is 1. The fourth-order valence-corrected chi connectivity index (χ4v) is 0.802. The Kier molecular flexibility index (Phi) is 6.44. The average Bonchev–Trinajstić information content (AvgIpc) is 2.04. The van der Waals surface area contributed by atoms with Crippen LogP contribution in [0.4, 0.5) is 0 Å². The largest absolute Gasteiger partial charge is 0.402 e. The van der Waals surface area contributed by atoms with Crippen LogP contribution >= 0.6 is 0 Å². The van der Waals surface area contributed by atoms with Gasteiger partial charge in [-0.3, -0.25) is 4.79 Å². The second kappa shape index (κ2) is 7.23. The molecule has 0 atom stereocenters. The van der Waals surface area contributed by atoms with Gasteiger partial charge in [0.25, 0.3) is 0 Å². The number of hydrogen-bond acceptors (Lipinski definition) is 2. The third kappa shape index (κ3) is 8.48. The summed E-state index contributed by atoms with van der Waals surface area (Å²) in [4.78, 5) is 11.0. The first-order valence-electron chi connectivity index (χ1n) is 4.30. The summed E-state index contributed by atoms with van der Waals surface area (Å²) < 4.78 is 0. The minimum atomic E-state index is 0.0245. The number of nitrogens with one attached hydrogen (secondary N) is 1. The Balaban J connectivity index is 3.31. The highest BCUT2D eigenvalue weighted by molar-refractivity contribution is 5.75. The molecule has 0 saturated carbocycles. The molecule has 1 amide bonds. The molecular formula is C10H16N2O. The lowest BCUT2D eigenvalue weighted by Crippen LogP contribution is -2.24. The van der Waals surface area contributed by atoms with Crippen LogP contribution in [0.5, 0.6) is 0 Å². The molecule has 0 aromatic heterocycles. The van der Waals surface area contributed by atoms with Crippen molar-refractivity contribution < 1.29 is 4.79 Å². The zero-order valence-electron chi connectivity index (χ0n) is 7.81. The van der Waals surface area contributed by atoms with Gasteiger partial charge in [-0.25, -0.2) is 0 Å². The molecule has 0 aromatic rings. The lowest BCUT2D eigenvalue weighted by atomic mass is 10.2. The molecule has 0 aliphatic rings. The Labute approximate surface area is 79.4 Å². The first kappa shape index (κ1) is 11.6. The van der Waals surface area contributed by atoms with Gasteiger partial charge in [0.1, 0.15) is 0 Å². The second-order valence-corrected chi connectivity index (χ2v) is 2.82. The van der Waals surface area contributed by atoms with E-state index in [1.54, 1.807) is 0 Å². The minimum Gasteiger partial charge on any atom is -0.402 e. The van der Waals surface area contributed by atoms with Crippen molar-refractivity contribution in [3.8, 4) is 12.3 Å². The van der Waals surface area contributed by atoms with Crippen LogP contribution in [0.1, 0.15) is 25.7 Å². The average molecular weight is 180 g/mol. The summed E-state index contributed by atoms with van der Waals surface area (Å²) in [5, 5.41) is 2.72. The zero-order chi connectivity index (χ0) is 10.1. The molecule has 0 heterocycles. The molecule has 0 unspecified atom stereocenters. The lowest BCUT2D eigenvalue weighted by molar-refractivity contribution is -0.121. The van der Waals surface area contributed by atoms with Crippen LogP contribution in [-0.4, -0.2) is 12.5 Å². The van der Waals surface area contributed by atoms with E-state index in [4.69, 9.17) is 12.2 Å². The van der Waals surface area contributed by atoms with E-state index in [-0.39, 0.29) is 5.91 Å². The summed E-state index contributed by atoms with van der Waals surface area (Å²) in [6.45, 7) is 4.09. The number of unbranched alkanes of at least 4 members (excludes halogenated alkanes) is 1. The van der Waals surface area contributed by atoms with E-state index in [9.17, 15) is 4.79 Å². The van der Waals surface area contributed by atoms with Gasteiger partial charge >= 0.3 is 0 Å². The molecule has 0 rings (SSSR count). The third-order valence-electron chi connectivity index (χ3n) is 1.49. The van der Waals surface area contributed by atoms with Crippen molar-refractivity contribution in [3.05, 3.63) is 12.3 Å². The summed E-state index contributed by atoms with van der Waals surface area (Å²) >= 11 is 0. The Morgan fingerprint density at radius 2 is 2.23 bits per heavy atom. The van der Waals surface area contributed by atoms with Crippen LogP contribution in [0, 0.1) is 12.3 Å². The van der Waals surface area contributed by atoms with Crippen LogP contribution in [0.15, 0.2) is 12.3 Å². The minimum absolute atomic E-state index is 0.0245. The maximum atomic E-state index is 11.0. The highest BCUT2D eigenvalue weighted by Crippen LogP contribution is 1.93. The molecule has 0 aromatic carbocycles. The Bertz CT molecular complexity index is 215. The molecule has 0 spiro atoms. The van der Waals surface area contributed by atoms with E-state index in [0.717, 1.165) is 6.42 Å². The van der Waals surface area contributed by atoms with Gasteiger partial charge in [-0.1, -0.05) is 6.58 Å².